The molecule has 1 N–H and O–H groups in total. The summed E-state index contributed by atoms with van der Waals surface area (Å²) in [5.41, 5.74) is 1.10. The molecule has 0 unspecified atom stereocenters. The zero-order chi connectivity index (χ0) is 8.39. The number of rotatable bonds is 3. The van der Waals surface area contributed by atoms with Crippen LogP contribution >= 0.6 is 0 Å². The summed E-state index contributed by atoms with van der Waals surface area (Å²) < 4.78 is 6.80. The molecule has 5 heteroatoms. The van der Waals surface area contributed by atoms with E-state index in [1.54, 1.807) is 10.9 Å². The predicted molar refractivity (Wildman–Crippen MR) is 42.4 cm³/mol. The second kappa shape index (κ2) is 3.20. The topological polar surface area (TPSA) is 52.0 Å². The Hall–Kier alpha value is -0.940. The average Bonchev–Trinajstić information content (AvgIpc) is 2.33. The first-order valence-corrected chi connectivity index (χ1v) is 4.01. The molecule has 5 nitrogen and oxygen atoms in total. The van der Waals surface area contributed by atoms with Gasteiger partial charge in [0.2, 0.25) is 0 Å². The zero-order valence-electron chi connectivity index (χ0n) is 7.03. The lowest BCUT2D eigenvalue weighted by molar-refractivity contribution is -0.00602. The normalized spacial score (nSPS) is 17.8. The molecule has 1 aliphatic rings. The van der Waals surface area contributed by atoms with E-state index in [0.29, 0.717) is 6.04 Å². The van der Waals surface area contributed by atoms with Gasteiger partial charge >= 0.3 is 0 Å². The summed E-state index contributed by atoms with van der Waals surface area (Å²) in [6.45, 7) is 2.47. The number of nitrogens with one attached hydrogen (secondary N) is 1. The van der Waals surface area contributed by atoms with Crippen molar-refractivity contribution >= 4 is 0 Å². The van der Waals surface area contributed by atoms with E-state index in [0.717, 1.165) is 25.5 Å². The van der Waals surface area contributed by atoms with Crippen LogP contribution in [0.3, 0.4) is 0 Å². The second-order valence-electron chi connectivity index (χ2n) is 2.96. The van der Waals surface area contributed by atoms with E-state index >= 15 is 0 Å². The van der Waals surface area contributed by atoms with Crippen molar-refractivity contribution in [2.24, 2.45) is 7.05 Å². The van der Waals surface area contributed by atoms with E-state index in [-0.39, 0.29) is 0 Å². The summed E-state index contributed by atoms with van der Waals surface area (Å²) in [6.07, 6.45) is 1.77. The molecule has 1 aromatic rings. The number of aromatic nitrogens is 3. The van der Waals surface area contributed by atoms with Crippen LogP contribution in [0.2, 0.25) is 0 Å². The third-order valence-corrected chi connectivity index (χ3v) is 2.02. The van der Waals surface area contributed by atoms with Gasteiger partial charge in [-0.1, -0.05) is 5.21 Å². The molecule has 66 valence electrons. The Morgan fingerprint density at radius 2 is 2.58 bits per heavy atom. The van der Waals surface area contributed by atoms with E-state index in [9.17, 15) is 0 Å². The molecule has 0 radical (unpaired) electrons. The molecule has 2 rings (SSSR count). The van der Waals surface area contributed by atoms with Crippen LogP contribution in [-0.4, -0.2) is 34.2 Å². The minimum absolute atomic E-state index is 0.514. The van der Waals surface area contributed by atoms with E-state index in [1.807, 2.05) is 7.05 Å². The standard InChI is InChI=1S/C7H12N4O/c1-11-7(3-9-10-11)2-8-6-4-12-5-6/h3,6,8H,2,4-5H2,1H3. The van der Waals surface area contributed by atoms with Gasteiger partial charge in [0.05, 0.1) is 31.1 Å². The van der Waals surface area contributed by atoms with Crippen LogP contribution in [0.25, 0.3) is 0 Å². The molecule has 1 fully saturated rings. The number of hydrogen-bond acceptors (Lipinski definition) is 4. The lowest BCUT2D eigenvalue weighted by Crippen LogP contribution is -2.45. The molecule has 0 amide bonds. The van der Waals surface area contributed by atoms with Gasteiger partial charge in [-0.15, -0.1) is 5.10 Å². The van der Waals surface area contributed by atoms with E-state index in [2.05, 4.69) is 15.6 Å². The van der Waals surface area contributed by atoms with Crippen LogP contribution in [-0.2, 0) is 18.3 Å². The Bertz CT molecular complexity index is 256. The highest BCUT2D eigenvalue weighted by Crippen LogP contribution is 2.01. The smallest absolute Gasteiger partial charge is 0.0738 e. The van der Waals surface area contributed by atoms with Gasteiger partial charge < -0.3 is 10.1 Å². The van der Waals surface area contributed by atoms with Crippen LogP contribution in [0.5, 0.6) is 0 Å². The molecule has 0 aromatic carbocycles. The fourth-order valence-corrected chi connectivity index (χ4v) is 1.07. The van der Waals surface area contributed by atoms with Crippen LogP contribution in [0.15, 0.2) is 6.20 Å². The number of hydrogen-bond donors (Lipinski definition) is 1. The van der Waals surface area contributed by atoms with E-state index in [4.69, 9.17) is 4.74 Å². The summed E-state index contributed by atoms with van der Waals surface area (Å²) in [6, 6.07) is 0.514. The van der Waals surface area contributed by atoms with Gasteiger partial charge in [-0.3, -0.25) is 4.68 Å². The van der Waals surface area contributed by atoms with Crippen molar-refractivity contribution in [3.63, 3.8) is 0 Å². The lowest BCUT2D eigenvalue weighted by atomic mass is 10.2. The third kappa shape index (κ3) is 1.46. The van der Waals surface area contributed by atoms with Gasteiger partial charge in [0.15, 0.2) is 0 Å². The van der Waals surface area contributed by atoms with E-state index < -0.39 is 0 Å². The summed E-state index contributed by atoms with van der Waals surface area (Å²) in [7, 11) is 1.89. The maximum absolute atomic E-state index is 5.03. The molecular formula is C7H12N4O. The highest BCUT2D eigenvalue weighted by Gasteiger charge is 2.17. The summed E-state index contributed by atoms with van der Waals surface area (Å²) >= 11 is 0. The Morgan fingerprint density at radius 1 is 1.75 bits per heavy atom. The van der Waals surface area contributed by atoms with Gasteiger partial charge in [-0.25, -0.2) is 0 Å². The van der Waals surface area contributed by atoms with Crippen LogP contribution < -0.4 is 5.32 Å². The van der Waals surface area contributed by atoms with Crippen molar-refractivity contribution in [2.45, 2.75) is 12.6 Å². The first-order chi connectivity index (χ1) is 5.86. The maximum Gasteiger partial charge on any atom is 0.0738 e. The molecule has 2 heterocycles. The van der Waals surface area contributed by atoms with Crippen molar-refractivity contribution in [3.05, 3.63) is 11.9 Å². The second-order valence-corrected chi connectivity index (χ2v) is 2.96. The van der Waals surface area contributed by atoms with Crippen LogP contribution in [0.1, 0.15) is 5.69 Å². The number of nitrogens with zero attached hydrogens (tertiary/aromatic N) is 3. The monoisotopic (exact) mass is 168 g/mol. The van der Waals surface area contributed by atoms with Gasteiger partial charge in [0, 0.05) is 13.6 Å². The third-order valence-electron chi connectivity index (χ3n) is 2.02. The molecule has 1 aromatic heterocycles. The lowest BCUT2D eigenvalue weighted by Gasteiger charge is -2.26. The Kier molecular flexibility index (Phi) is 2.05. The highest BCUT2D eigenvalue weighted by molar-refractivity contribution is 4.93. The van der Waals surface area contributed by atoms with Crippen molar-refractivity contribution in [1.82, 2.24) is 20.3 Å². The fraction of sp³-hybridized carbons (Fsp3) is 0.714. The Balaban J connectivity index is 1.82. The number of aryl methyl sites for hydroxylation is 1. The van der Waals surface area contributed by atoms with Gasteiger partial charge in [-0.2, -0.15) is 0 Å². The van der Waals surface area contributed by atoms with Crippen molar-refractivity contribution in [3.8, 4) is 0 Å². The Labute approximate surface area is 70.7 Å². The molecule has 0 bridgehead atoms. The molecule has 0 aliphatic carbocycles. The van der Waals surface area contributed by atoms with Gasteiger partial charge in [-0.05, 0) is 0 Å². The maximum atomic E-state index is 5.03. The van der Waals surface area contributed by atoms with Crippen molar-refractivity contribution < 1.29 is 4.74 Å². The summed E-state index contributed by atoms with van der Waals surface area (Å²) in [5.74, 6) is 0. The first kappa shape index (κ1) is 7.70. The molecular weight excluding hydrogens is 156 g/mol. The molecule has 0 saturated carbocycles. The first-order valence-electron chi connectivity index (χ1n) is 4.01. The van der Waals surface area contributed by atoms with Crippen molar-refractivity contribution in [1.29, 1.82) is 0 Å². The largest absolute Gasteiger partial charge is 0.378 e. The molecule has 12 heavy (non-hydrogen) atoms. The zero-order valence-corrected chi connectivity index (χ0v) is 7.03. The SMILES string of the molecule is Cn1nncc1CNC1COC1. The minimum atomic E-state index is 0.514. The summed E-state index contributed by atoms with van der Waals surface area (Å²) in [5, 5.41) is 11.0. The molecule has 1 aliphatic heterocycles. The van der Waals surface area contributed by atoms with Gasteiger partial charge in [0.25, 0.3) is 0 Å². The van der Waals surface area contributed by atoms with Crippen LogP contribution in [0, 0.1) is 0 Å². The average molecular weight is 168 g/mol. The Morgan fingerprint density at radius 3 is 3.08 bits per heavy atom. The van der Waals surface area contributed by atoms with Crippen LogP contribution in [0.4, 0.5) is 0 Å². The summed E-state index contributed by atoms with van der Waals surface area (Å²) in [4.78, 5) is 0. The predicted octanol–water partition coefficient (Wildman–Crippen LogP) is -0.696. The highest BCUT2D eigenvalue weighted by atomic mass is 16.5. The molecule has 0 atom stereocenters. The number of ether oxygens (including phenoxy) is 1. The fourth-order valence-electron chi connectivity index (χ4n) is 1.07. The molecule has 0 spiro atoms. The van der Waals surface area contributed by atoms with Gasteiger partial charge in [0.1, 0.15) is 0 Å². The minimum Gasteiger partial charge on any atom is -0.378 e. The molecule has 1 saturated heterocycles. The van der Waals surface area contributed by atoms with Crippen molar-refractivity contribution in [2.75, 3.05) is 13.2 Å². The quantitative estimate of drug-likeness (QED) is 0.648. The van der Waals surface area contributed by atoms with E-state index in [1.165, 1.54) is 0 Å².